The summed E-state index contributed by atoms with van der Waals surface area (Å²) in [5.74, 6) is 1.75. The van der Waals surface area contributed by atoms with Crippen molar-refractivity contribution in [3.63, 3.8) is 0 Å². The van der Waals surface area contributed by atoms with Gasteiger partial charge in [-0.05, 0) is 37.1 Å². The number of rotatable bonds is 9. The maximum absolute atomic E-state index is 5.39. The van der Waals surface area contributed by atoms with Crippen LogP contribution in [0.2, 0.25) is 0 Å². The zero-order valence-electron chi connectivity index (χ0n) is 12.3. The van der Waals surface area contributed by atoms with Gasteiger partial charge in [0.05, 0.1) is 7.11 Å². The van der Waals surface area contributed by atoms with Gasteiger partial charge in [-0.15, -0.1) is 0 Å². The molecule has 3 heteroatoms. The second-order valence-electron chi connectivity index (χ2n) is 5.00. The third-order valence-corrected chi connectivity index (χ3v) is 4.03. The summed E-state index contributed by atoms with van der Waals surface area (Å²) in [6.45, 7) is 6.49. The third-order valence-electron chi connectivity index (χ3n) is 3.53. The monoisotopic (exact) mass is 327 g/mol. The van der Waals surface area contributed by atoms with Gasteiger partial charge in [0.2, 0.25) is 0 Å². The number of hydrogen-bond donors (Lipinski definition) is 1. The standard InChI is InChI=1S/C16H26BrNO/c1-4-6-7-13(5-2)11-18-12-14-10-15(17)8-9-16(14)19-3/h8-10,13,18H,4-7,11-12H2,1-3H3. The van der Waals surface area contributed by atoms with Gasteiger partial charge in [0.15, 0.2) is 0 Å². The normalized spacial score (nSPS) is 12.4. The molecule has 0 aliphatic heterocycles. The molecular weight excluding hydrogens is 302 g/mol. The van der Waals surface area contributed by atoms with E-state index in [9.17, 15) is 0 Å². The Hall–Kier alpha value is -0.540. The second-order valence-corrected chi connectivity index (χ2v) is 5.92. The summed E-state index contributed by atoms with van der Waals surface area (Å²) in [5, 5.41) is 3.56. The smallest absolute Gasteiger partial charge is 0.123 e. The summed E-state index contributed by atoms with van der Waals surface area (Å²) in [4.78, 5) is 0. The first kappa shape index (κ1) is 16.5. The molecule has 1 atom stereocenters. The number of ether oxygens (including phenoxy) is 1. The molecule has 0 saturated heterocycles. The van der Waals surface area contributed by atoms with E-state index in [1.54, 1.807) is 7.11 Å². The number of benzene rings is 1. The van der Waals surface area contributed by atoms with Gasteiger partial charge in [-0.1, -0.05) is 49.0 Å². The highest BCUT2D eigenvalue weighted by atomic mass is 79.9. The highest BCUT2D eigenvalue weighted by Crippen LogP contribution is 2.23. The maximum Gasteiger partial charge on any atom is 0.123 e. The van der Waals surface area contributed by atoms with Crippen LogP contribution in [0.4, 0.5) is 0 Å². The number of methoxy groups -OCH3 is 1. The highest BCUT2D eigenvalue weighted by molar-refractivity contribution is 9.10. The fourth-order valence-corrected chi connectivity index (χ4v) is 2.65. The lowest BCUT2D eigenvalue weighted by molar-refractivity contribution is 0.398. The summed E-state index contributed by atoms with van der Waals surface area (Å²) < 4.78 is 6.49. The summed E-state index contributed by atoms with van der Waals surface area (Å²) in [5.41, 5.74) is 1.21. The molecular formula is C16H26BrNO. The minimum atomic E-state index is 0.790. The number of halogens is 1. The van der Waals surface area contributed by atoms with Crippen molar-refractivity contribution in [3.8, 4) is 5.75 Å². The fraction of sp³-hybridized carbons (Fsp3) is 0.625. The molecule has 108 valence electrons. The van der Waals surface area contributed by atoms with Gasteiger partial charge in [0, 0.05) is 16.6 Å². The summed E-state index contributed by atoms with van der Waals surface area (Å²) in [6.07, 6.45) is 5.20. The van der Waals surface area contributed by atoms with Crippen molar-refractivity contribution in [3.05, 3.63) is 28.2 Å². The number of nitrogens with one attached hydrogen (secondary N) is 1. The van der Waals surface area contributed by atoms with E-state index >= 15 is 0 Å². The van der Waals surface area contributed by atoms with Gasteiger partial charge in [-0.25, -0.2) is 0 Å². The maximum atomic E-state index is 5.39. The lowest BCUT2D eigenvalue weighted by Crippen LogP contribution is -2.22. The SMILES string of the molecule is CCCCC(CC)CNCc1cc(Br)ccc1OC. The highest BCUT2D eigenvalue weighted by Gasteiger charge is 2.07. The van der Waals surface area contributed by atoms with E-state index in [2.05, 4.69) is 41.2 Å². The molecule has 0 aliphatic carbocycles. The topological polar surface area (TPSA) is 21.3 Å². The molecule has 1 aromatic rings. The van der Waals surface area contributed by atoms with Gasteiger partial charge in [-0.3, -0.25) is 0 Å². The minimum Gasteiger partial charge on any atom is -0.496 e. The Kier molecular flexibility index (Phi) is 8.15. The predicted molar refractivity (Wildman–Crippen MR) is 85.7 cm³/mol. The Morgan fingerprint density at radius 2 is 2.11 bits per heavy atom. The van der Waals surface area contributed by atoms with Crippen LogP contribution >= 0.6 is 15.9 Å². The lowest BCUT2D eigenvalue weighted by atomic mass is 9.99. The third kappa shape index (κ3) is 5.96. The molecule has 0 aromatic heterocycles. The Morgan fingerprint density at radius 3 is 2.74 bits per heavy atom. The van der Waals surface area contributed by atoms with Crippen molar-refractivity contribution < 1.29 is 4.74 Å². The van der Waals surface area contributed by atoms with Gasteiger partial charge in [0.1, 0.15) is 5.75 Å². The van der Waals surface area contributed by atoms with Crippen LogP contribution in [0.15, 0.2) is 22.7 Å². The molecule has 0 saturated carbocycles. The molecule has 1 unspecified atom stereocenters. The van der Waals surface area contributed by atoms with Crippen LogP contribution in [0.3, 0.4) is 0 Å². The largest absolute Gasteiger partial charge is 0.496 e. The van der Waals surface area contributed by atoms with Crippen molar-refractivity contribution >= 4 is 15.9 Å². The van der Waals surface area contributed by atoms with Crippen molar-refractivity contribution in [1.82, 2.24) is 5.32 Å². The Labute approximate surface area is 126 Å². The van der Waals surface area contributed by atoms with Gasteiger partial charge in [0.25, 0.3) is 0 Å². The average molecular weight is 328 g/mol. The molecule has 0 amide bonds. The zero-order valence-corrected chi connectivity index (χ0v) is 13.9. The van der Waals surface area contributed by atoms with Crippen LogP contribution in [0.1, 0.15) is 45.1 Å². The van der Waals surface area contributed by atoms with Crippen LogP contribution < -0.4 is 10.1 Å². The van der Waals surface area contributed by atoms with E-state index < -0.39 is 0 Å². The van der Waals surface area contributed by atoms with Crippen molar-refractivity contribution in [1.29, 1.82) is 0 Å². The summed E-state index contributed by atoms with van der Waals surface area (Å²) in [7, 11) is 1.73. The van der Waals surface area contributed by atoms with E-state index in [0.717, 1.165) is 29.2 Å². The first-order valence-corrected chi connectivity index (χ1v) is 8.03. The molecule has 1 N–H and O–H groups in total. The first-order chi connectivity index (χ1) is 9.21. The number of hydrogen-bond acceptors (Lipinski definition) is 2. The molecule has 2 nitrogen and oxygen atoms in total. The van der Waals surface area contributed by atoms with Gasteiger partial charge >= 0.3 is 0 Å². The van der Waals surface area contributed by atoms with Crippen LogP contribution in [0, 0.1) is 5.92 Å². The minimum absolute atomic E-state index is 0.790. The first-order valence-electron chi connectivity index (χ1n) is 7.24. The summed E-state index contributed by atoms with van der Waals surface area (Å²) >= 11 is 3.51. The van der Waals surface area contributed by atoms with Gasteiger partial charge < -0.3 is 10.1 Å². The molecule has 1 rings (SSSR count). The van der Waals surface area contributed by atoms with E-state index in [-0.39, 0.29) is 0 Å². The second kappa shape index (κ2) is 9.38. The molecule has 1 aromatic carbocycles. The van der Waals surface area contributed by atoms with E-state index in [0.29, 0.717) is 0 Å². The molecule has 19 heavy (non-hydrogen) atoms. The fourth-order valence-electron chi connectivity index (χ4n) is 2.24. The van der Waals surface area contributed by atoms with E-state index in [4.69, 9.17) is 4.74 Å². The molecule has 0 radical (unpaired) electrons. The van der Waals surface area contributed by atoms with E-state index in [1.807, 2.05) is 12.1 Å². The lowest BCUT2D eigenvalue weighted by Gasteiger charge is -2.16. The van der Waals surface area contributed by atoms with Crippen LogP contribution in [0.25, 0.3) is 0 Å². The average Bonchev–Trinajstić information content (AvgIpc) is 2.43. The van der Waals surface area contributed by atoms with Crippen LogP contribution in [-0.4, -0.2) is 13.7 Å². The molecule has 0 spiro atoms. The molecule has 0 heterocycles. The number of unbranched alkanes of at least 4 members (excludes halogenated alkanes) is 1. The van der Waals surface area contributed by atoms with Crippen molar-refractivity contribution in [2.24, 2.45) is 5.92 Å². The molecule has 0 aliphatic rings. The van der Waals surface area contributed by atoms with Crippen molar-refractivity contribution in [2.75, 3.05) is 13.7 Å². The van der Waals surface area contributed by atoms with Crippen molar-refractivity contribution in [2.45, 2.75) is 46.1 Å². The Balaban J connectivity index is 2.45. The molecule has 0 fully saturated rings. The Bertz CT molecular complexity index is 368. The predicted octanol–water partition coefficient (Wildman–Crippen LogP) is 4.76. The van der Waals surface area contributed by atoms with Gasteiger partial charge in [-0.2, -0.15) is 0 Å². The van der Waals surface area contributed by atoms with Crippen LogP contribution in [-0.2, 0) is 6.54 Å². The van der Waals surface area contributed by atoms with E-state index in [1.165, 1.54) is 31.2 Å². The summed E-state index contributed by atoms with van der Waals surface area (Å²) in [6, 6.07) is 6.15. The van der Waals surface area contributed by atoms with Crippen LogP contribution in [0.5, 0.6) is 5.75 Å². The quantitative estimate of drug-likeness (QED) is 0.705. The Morgan fingerprint density at radius 1 is 1.32 bits per heavy atom. The molecule has 0 bridgehead atoms. The zero-order chi connectivity index (χ0) is 14.1.